The standard InChI is InChI=1S/C14H23NO/c1-5-12(4)15-10-13-7-8-14(16-6-2)11(3)9-13/h7-9,12,15H,5-6,10H2,1-4H3. The molecule has 0 aliphatic rings. The predicted molar refractivity (Wildman–Crippen MR) is 68.9 cm³/mol. The number of hydrogen-bond donors (Lipinski definition) is 1. The van der Waals surface area contributed by atoms with E-state index in [1.165, 1.54) is 11.1 Å². The van der Waals surface area contributed by atoms with Crippen molar-refractivity contribution < 1.29 is 4.74 Å². The number of hydrogen-bond acceptors (Lipinski definition) is 2. The van der Waals surface area contributed by atoms with Crippen LogP contribution >= 0.6 is 0 Å². The molecule has 0 bridgehead atoms. The van der Waals surface area contributed by atoms with Gasteiger partial charge in [0.25, 0.3) is 0 Å². The fourth-order valence-corrected chi connectivity index (χ4v) is 1.58. The van der Waals surface area contributed by atoms with E-state index in [0.29, 0.717) is 6.04 Å². The summed E-state index contributed by atoms with van der Waals surface area (Å²) in [4.78, 5) is 0. The molecule has 1 aromatic carbocycles. The summed E-state index contributed by atoms with van der Waals surface area (Å²) in [5, 5.41) is 3.49. The summed E-state index contributed by atoms with van der Waals surface area (Å²) in [5.74, 6) is 0.995. The second-order valence-electron chi connectivity index (χ2n) is 4.22. The minimum absolute atomic E-state index is 0.576. The van der Waals surface area contributed by atoms with Gasteiger partial charge in [-0.25, -0.2) is 0 Å². The van der Waals surface area contributed by atoms with Gasteiger partial charge in [-0.2, -0.15) is 0 Å². The van der Waals surface area contributed by atoms with Crippen LogP contribution < -0.4 is 10.1 Å². The van der Waals surface area contributed by atoms with Crippen LogP contribution in [0.15, 0.2) is 18.2 Å². The Labute approximate surface area is 99.0 Å². The Morgan fingerprint density at radius 1 is 1.31 bits per heavy atom. The van der Waals surface area contributed by atoms with Crippen LogP contribution in [0.1, 0.15) is 38.3 Å². The van der Waals surface area contributed by atoms with Crippen molar-refractivity contribution in [2.75, 3.05) is 6.61 Å². The van der Waals surface area contributed by atoms with Crippen LogP contribution in [-0.4, -0.2) is 12.6 Å². The molecule has 0 saturated heterocycles. The Bertz CT molecular complexity index is 323. The molecule has 0 fully saturated rings. The van der Waals surface area contributed by atoms with Gasteiger partial charge in [0.05, 0.1) is 6.61 Å². The summed E-state index contributed by atoms with van der Waals surface area (Å²) in [5.41, 5.74) is 2.53. The molecule has 0 aliphatic carbocycles. The number of nitrogens with one attached hydrogen (secondary N) is 1. The summed E-state index contributed by atoms with van der Waals surface area (Å²) in [6, 6.07) is 6.96. The highest BCUT2D eigenvalue weighted by Crippen LogP contribution is 2.19. The summed E-state index contributed by atoms with van der Waals surface area (Å²) in [6.45, 7) is 10.2. The Morgan fingerprint density at radius 2 is 2.06 bits per heavy atom. The van der Waals surface area contributed by atoms with E-state index in [0.717, 1.165) is 25.3 Å². The maximum Gasteiger partial charge on any atom is 0.122 e. The second kappa shape index (κ2) is 6.54. The van der Waals surface area contributed by atoms with E-state index < -0.39 is 0 Å². The maximum absolute atomic E-state index is 5.52. The molecule has 0 heterocycles. The maximum atomic E-state index is 5.52. The molecule has 90 valence electrons. The van der Waals surface area contributed by atoms with Crippen molar-refractivity contribution in [2.24, 2.45) is 0 Å². The lowest BCUT2D eigenvalue weighted by Crippen LogP contribution is -2.24. The van der Waals surface area contributed by atoms with E-state index in [-0.39, 0.29) is 0 Å². The molecule has 2 heteroatoms. The average molecular weight is 221 g/mol. The van der Waals surface area contributed by atoms with Crippen molar-refractivity contribution in [3.05, 3.63) is 29.3 Å². The molecule has 1 rings (SSSR count). The molecular weight excluding hydrogens is 198 g/mol. The van der Waals surface area contributed by atoms with E-state index in [1.807, 2.05) is 6.92 Å². The van der Waals surface area contributed by atoms with Gasteiger partial charge in [-0.1, -0.05) is 19.1 Å². The fourth-order valence-electron chi connectivity index (χ4n) is 1.58. The van der Waals surface area contributed by atoms with Crippen LogP contribution in [0.3, 0.4) is 0 Å². The van der Waals surface area contributed by atoms with Crippen molar-refractivity contribution in [3.63, 3.8) is 0 Å². The average Bonchev–Trinajstić information content (AvgIpc) is 2.29. The molecule has 1 unspecified atom stereocenters. The molecule has 0 amide bonds. The number of aryl methyl sites for hydroxylation is 1. The molecule has 0 aromatic heterocycles. The first kappa shape index (κ1) is 13.0. The van der Waals surface area contributed by atoms with Crippen LogP contribution in [0.2, 0.25) is 0 Å². The first-order valence-electron chi connectivity index (χ1n) is 6.13. The van der Waals surface area contributed by atoms with E-state index in [4.69, 9.17) is 4.74 Å². The molecule has 1 atom stereocenters. The SMILES string of the molecule is CCOc1ccc(CNC(C)CC)cc1C. The van der Waals surface area contributed by atoms with Gasteiger partial charge < -0.3 is 10.1 Å². The van der Waals surface area contributed by atoms with Gasteiger partial charge in [0, 0.05) is 12.6 Å². The zero-order chi connectivity index (χ0) is 12.0. The van der Waals surface area contributed by atoms with Gasteiger partial charge >= 0.3 is 0 Å². The highest BCUT2D eigenvalue weighted by atomic mass is 16.5. The summed E-state index contributed by atoms with van der Waals surface area (Å²) >= 11 is 0. The lowest BCUT2D eigenvalue weighted by molar-refractivity contribution is 0.337. The molecule has 0 spiro atoms. The Morgan fingerprint density at radius 3 is 2.62 bits per heavy atom. The van der Waals surface area contributed by atoms with Crippen molar-refractivity contribution in [1.29, 1.82) is 0 Å². The first-order valence-corrected chi connectivity index (χ1v) is 6.13. The zero-order valence-electron chi connectivity index (χ0n) is 10.8. The molecule has 1 N–H and O–H groups in total. The van der Waals surface area contributed by atoms with Gasteiger partial charge in [0.15, 0.2) is 0 Å². The van der Waals surface area contributed by atoms with Crippen LogP contribution in [0.4, 0.5) is 0 Å². The molecular formula is C14H23NO. The van der Waals surface area contributed by atoms with Gasteiger partial charge in [0.2, 0.25) is 0 Å². The number of ether oxygens (including phenoxy) is 1. The number of rotatable bonds is 6. The smallest absolute Gasteiger partial charge is 0.122 e. The molecule has 0 saturated carbocycles. The molecule has 0 aliphatic heterocycles. The van der Waals surface area contributed by atoms with Crippen molar-refractivity contribution in [3.8, 4) is 5.75 Å². The van der Waals surface area contributed by atoms with Gasteiger partial charge in [-0.15, -0.1) is 0 Å². The predicted octanol–water partition coefficient (Wildman–Crippen LogP) is 3.28. The fraction of sp³-hybridized carbons (Fsp3) is 0.571. The molecule has 0 radical (unpaired) electrons. The summed E-state index contributed by atoms with van der Waals surface area (Å²) in [6.07, 6.45) is 1.16. The highest BCUT2D eigenvalue weighted by molar-refractivity contribution is 5.36. The van der Waals surface area contributed by atoms with E-state index in [2.05, 4.69) is 44.3 Å². The first-order chi connectivity index (χ1) is 7.67. The van der Waals surface area contributed by atoms with Crippen LogP contribution in [-0.2, 0) is 6.54 Å². The van der Waals surface area contributed by atoms with E-state index >= 15 is 0 Å². The van der Waals surface area contributed by atoms with Gasteiger partial charge in [-0.05, 0) is 44.4 Å². The Balaban J connectivity index is 2.59. The minimum Gasteiger partial charge on any atom is -0.494 e. The normalized spacial score (nSPS) is 12.5. The van der Waals surface area contributed by atoms with Crippen molar-refractivity contribution in [1.82, 2.24) is 5.32 Å². The largest absolute Gasteiger partial charge is 0.494 e. The van der Waals surface area contributed by atoms with E-state index in [9.17, 15) is 0 Å². The van der Waals surface area contributed by atoms with Gasteiger partial charge in [0.1, 0.15) is 5.75 Å². The third-order valence-electron chi connectivity index (χ3n) is 2.81. The molecule has 1 aromatic rings. The second-order valence-corrected chi connectivity index (χ2v) is 4.22. The highest BCUT2D eigenvalue weighted by Gasteiger charge is 2.02. The monoisotopic (exact) mass is 221 g/mol. The lowest BCUT2D eigenvalue weighted by Gasteiger charge is -2.13. The quantitative estimate of drug-likeness (QED) is 0.796. The third kappa shape index (κ3) is 3.86. The molecule has 2 nitrogen and oxygen atoms in total. The Kier molecular flexibility index (Phi) is 5.33. The summed E-state index contributed by atoms with van der Waals surface area (Å²) in [7, 11) is 0. The van der Waals surface area contributed by atoms with E-state index in [1.54, 1.807) is 0 Å². The number of benzene rings is 1. The molecule has 16 heavy (non-hydrogen) atoms. The zero-order valence-corrected chi connectivity index (χ0v) is 10.8. The summed E-state index contributed by atoms with van der Waals surface area (Å²) < 4.78 is 5.52. The minimum atomic E-state index is 0.576. The lowest BCUT2D eigenvalue weighted by atomic mass is 10.1. The topological polar surface area (TPSA) is 21.3 Å². The Hall–Kier alpha value is -1.02. The van der Waals surface area contributed by atoms with Crippen LogP contribution in [0.25, 0.3) is 0 Å². The van der Waals surface area contributed by atoms with Crippen LogP contribution in [0, 0.1) is 6.92 Å². The van der Waals surface area contributed by atoms with Crippen molar-refractivity contribution >= 4 is 0 Å². The third-order valence-corrected chi connectivity index (χ3v) is 2.81. The van der Waals surface area contributed by atoms with Gasteiger partial charge in [-0.3, -0.25) is 0 Å². The van der Waals surface area contributed by atoms with Crippen molar-refractivity contribution in [2.45, 2.75) is 46.7 Å². The van der Waals surface area contributed by atoms with Crippen LogP contribution in [0.5, 0.6) is 5.75 Å².